The summed E-state index contributed by atoms with van der Waals surface area (Å²) in [6.45, 7) is 7.48. The molecule has 0 atom stereocenters. The topological polar surface area (TPSA) is 110 Å². The molecule has 32 heavy (non-hydrogen) atoms. The van der Waals surface area contributed by atoms with E-state index in [-0.39, 0.29) is 17.4 Å². The van der Waals surface area contributed by atoms with Gasteiger partial charge in [0.2, 0.25) is 5.78 Å². The summed E-state index contributed by atoms with van der Waals surface area (Å²) in [6.07, 6.45) is 0. The minimum absolute atomic E-state index is 0.145. The van der Waals surface area contributed by atoms with Crippen LogP contribution in [0, 0.1) is 27.7 Å². The molecule has 7 heteroatoms. The van der Waals surface area contributed by atoms with Crippen LogP contribution in [0.5, 0.6) is 5.75 Å². The summed E-state index contributed by atoms with van der Waals surface area (Å²) in [5.74, 6) is 0.132. The summed E-state index contributed by atoms with van der Waals surface area (Å²) in [5, 5.41) is 11.3. The largest absolute Gasteiger partial charge is 0.508 e. The molecule has 0 aliphatic heterocycles. The number of aryl methyl sites for hydroxylation is 3. The van der Waals surface area contributed by atoms with E-state index < -0.39 is 0 Å². The molecular formula is C25H23N5O2. The first-order valence-electron chi connectivity index (χ1n) is 10.3. The van der Waals surface area contributed by atoms with Crippen molar-refractivity contribution in [2.45, 2.75) is 27.7 Å². The number of ketones is 1. The lowest BCUT2D eigenvalue weighted by Crippen LogP contribution is -2.09. The minimum Gasteiger partial charge on any atom is -0.508 e. The number of para-hydroxylation sites is 1. The number of carbonyl (C=O) groups is 1. The number of nitrogen functional groups attached to an aromatic ring is 1. The zero-order chi connectivity index (χ0) is 22.7. The lowest BCUT2D eigenvalue weighted by atomic mass is 10.1. The Bertz CT molecular complexity index is 1530. The second-order valence-corrected chi connectivity index (χ2v) is 8.14. The summed E-state index contributed by atoms with van der Waals surface area (Å²) in [7, 11) is 0. The Morgan fingerprint density at radius 3 is 2.50 bits per heavy atom. The number of benzene rings is 2. The fraction of sp³-hybridized carbons (Fsp3) is 0.160. The van der Waals surface area contributed by atoms with E-state index in [1.54, 1.807) is 10.6 Å². The van der Waals surface area contributed by atoms with Gasteiger partial charge in [0.25, 0.3) is 0 Å². The average Bonchev–Trinajstić information content (AvgIpc) is 3.31. The summed E-state index contributed by atoms with van der Waals surface area (Å²) in [6, 6.07) is 13.0. The van der Waals surface area contributed by atoms with Gasteiger partial charge in [-0.15, -0.1) is 0 Å². The van der Waals surface area contributed by atoms with Gasteiger partial charge in [0, 0.05) is 16.5 Å². The smallest absolute Gasteiger partial charge is 0.215 e. The van der Waals surface area contributed by atoms with Crippen LogP contribution in [-0.4, -0.2) is 30.4 Å². The highest BCUT2D eigenvalue weighted by atomic mass is 16.3. The summed E-state index contributed by atoms with van der Waals surface area (Å²) in [5.41, 5.74) is 12.9. The molecule has 0 fully saturated rings. The number of rotatable bonds is 3. The monoisotopic (exact) mass is 425 g/mol. The number of anilines is 1. The SMILES string of the molecule is Cc1ccc(O)c(C)c1-n1c(N)c(C(=O)c2cc3ccccc3[nH]2)c2nc(C)c(C)nc21. The Labute approximate surface area is 184 Å². The van der Waals surface area contributed by atoms with E-state index in [2.05, 4.69) is 4.98 Å². The van der Waals surface area contributed by atoms with Gasteiger partial charge in [-0.1, -0.05) is 24.3 Å². The van der Waals surface area contributed by atoms with Gasteiger partial charge in [-0.3, -0.25) is 9.36 Å². The molecule has 7 nitrogen and oxygen atoms in total. The number of fused-ring (bicyclic) bond motifs is 2. The van der Waals surface area contributed by atoms with Gasteiger partial charge < -0.3 is 15.8 Å². The first-order valence-corrected chi connectivity index (χ1v) is 10.3. The van der Waals surface area contributed by atoms with E-state index in [1.165, 1.54) is 0 Å². The minimum atomic E-state index is -0.254. The summed E-state index contributed by atoms with van der Waals surface area (Å²) in [4.78, 5) is 26.3. The van der Waals surface area contributed by atoms with Crippen LogP contribution in [0.4, 0.5) is 5.82 Å². The first kappa shape index (κ1) is 19.8. The first-order chi connectivity index (χ1) is 15.3. The van der Waals surface area contributed by atoms with Crippen molar-refractivity contribution >= 4 is 33.7 Å². The number of aromatic amines is 1. The second-order valence-electron chi connectivity index (χ2n) is 8.14. The van der Waals surface area contributed by atoms with Crippen molar-refractivity contribution in [3.05, 3.63) is 76.2 Å². The molecular weight excluding hydrogens is 402 g/mol. The van der Waals surface area contributed by atoms with Crippen LogP contribution in [0.2, 0.25) is 0 Å². The highest BCUT2D eigenvalue weighted by Gasteiger charge is 2.28. The van der Waals surface area contributed by atoms with Crippen molar-refractivity contribution < 1.29 is 9.90 Å². The van der Waals surface area contributed by atoms with Gasteiger partial charge in [0.1, 0.15) is 17.1 Å². The Morgan fingerprint density at radius 2 is 1.75 bits per heavy atom. The highest BCUT2D eigenvalue weighted by Crippen LogP contribution is 2.36. The van der Waals surface area contributed by atoms with Crippen molar-refractivity contribution in [3.8, 4) is 11.4 Å². The van der Waals surface area contributed by atoms with Crippen LogP contribution in [-0.2, 0) is 0 Å². The van der Waals surface area contributed by atoms with Crippen LogP contribution in [0.15, 0.2) is 42.5 Å². The van der Waals surface area contributed by atoms with Gasteiger partial charge in [0.05, 0.1) is 28.3 Å². The van der Waals surface area contributed by atoms with E-state index in [0.717, 1.165) is 27.9 Å². The van der Waals surface area contributed by atoms with Crippen LogP contribution < -0.4 is 5.73 Å². The summed E-state index contributed by atoms with van der Waals surface area (Å²) < 4.78 is 1.73. The third-order valence-electron chi connectivity index (χ3n) is 6.06. The van der Waals surface area contributed by atoms with Crippen molar-refractivity contribution in [2.24, 2.45) is 0 Å². The van der Waals surface area contributed by atoms with Gasteiger partial charge in [-0.25, -0.2) is 9.97 Å². The summed E-state index contributed by atoms with van der Waals surface area (Å²) >= 11 is 0. The van der Waals surface area contributed by atoms with Crippen molar-refractivity contribution in [1.29, 1.82) is 0 Å². The van der Waals surface area contributed by atoms with Crippen molar-refractivity contribution in [3.63, 3.8) is 0 Å². The van der Waals surface area contributed by atoms with Crippen molar-refractivity contribution in [2.75, 3.05) is 5.73 Å². The van der Waals surface area contributed by atoms with E-state index in [1.807, 2.05) is 64.1 Å². The van der Waals surface area contributed by atoms with Crippen LogP contribution in [0.3, 0.4) is 0 Å². The van der Waals surface area contributed by atoms with Crippen LogP contribution in [0.25, 0.3) is 27.8 Å². The number of nitrogens with two attached hydrogens (primary N) is 1. The molecule has 4 N–H and O–H groups in total. The zero-order valence-electron chi connectivity index (χ0n) is 18.3. The Kier molecular flexibility index (Phi) is 4.30. The molecule has 5 rings (SSSR count). The molecule has 160 valence electrons. The van der Waals surface area contributed by atoms with Crippen molar-refractivity contribution in [1.82, 2.24) is 19.5 Å². The molecule has 0 unspecified atom stereocenters. The normalized spacial score (nSPS) is 11.5. The zero-order valence-corrected chi connectivity index (χ0v) is 18.3. The second kappa shape index (κ2) is 6.95. The quantitative estimate of drug-likeness (QED) is 0.364. The molecule has 3 heterocycles. The predicted octanol–water partition coefficient (Wildman–Crippen LogP) is 4.65. The molecule has 0 amide bonds. The number of hydrogen-bond donors (Lipinski definition) is 3. The molecule has 0 saturated heterocycles. The number of H-pyrrole nitrogens is 1. The molecule has 3 aromatic heterocycles. The lowest BCUT2D eigenvalue weighted by Gasteiger charge is -2.15. The molecule has 0 radical (unpaired) electrons. The van der Waals surface area contributed by atoms with E-state index >= 15 is 0 Å². The molecule has 0 spiro atoms. The molecule has 5 aromatic rings. The Morgan fingerprint density at radius 1 is 1.03 bits per heavy atom. The Hall–Kier alpha value is -4.13. The third kappa shape index (κ3) is 2.78. The lowest BCUT2D eigenvalue weighted by molar-refractivity contribution is 0.103. The van der Waals surface area contributed by atoms with Gasteiger partial charge in [-0.2, -0.15) is 0 Å². The molecule has 0 aliphatic rings. The Balaban J connectivity index is 1.85. The number of nitrogens with one attached hydrogen (secondary N) is 1. The number of nitrogens with zero attached hydrogens (tertiary/aromatic N) is 3. The molecule has 0 saturated carbocycles. The van der Waals surface area contributed by atoms with E-state index in [9.17, 15) is 9.90 Å². The fourth-order valence-electron chi connectivity index (χ4n) is 4.21. The number of hydrogen-bond acceptors (Lipinski definition) is 5. The molecule has 2 aromatic carbocycles. The van der Waals surface area contributed by atoms with Gasteiger partial charge in [0.15, 0.2) is 5.65 Å². The highest BCUT2D eigenvalue weighted by molar-refractivity contribution is 6.19. The maximum Gasteiger partial charge on any atom is 0.215 e. The van der Waals surface area contributed by atoms with E-state index in [0.29, 0.717) is 33.7 Å². The number of carbonyl (C=O) groups excluding carboxylic acids is 1. The maximum atomic E-state index is 13.7. The third-order valence-corrected chi connectivity index (χ3v) is 6.06. The van der Waals surface area contributed by atoms with Crippen LogP contribution >= 0.6 is 0 Å². The predicted molar refractivity (Wildman–Crippen MR) is 126 cm³/mol. The molecule has 0 bridgehead atoms. The molecule has 0 aliphatic carbocycles. The fourth-order valence-corrected chi connectivity index (χ4v) is 4.21. The number of phenolic OH excluding ortho intramolecular Hbond substituents is 1. The number of aromatic nitrogens is 4. The maximum absolute atomic E-state index is 13.7. The van der Waals surface area contributed by atoms with Gasteiger partial charge >= 0.3 is 0 Å². The van der Waals surface area contributed by atoms with E-state index in [4.69, 9.17) is 15.7 Å². The number of phenols is 1. The van der Waals surface area contributed by atoms with Gasteiger partial charge in [-0.05, 0) is 51.5 Å². The number of aromatic hydroxyl groups is 1. The average molecular weight is 425 g/mol. The standard InChI is InChI=1S/C25H23N5O2/c1-12-9-10-19(31)13(2)22(12)30-24(26)20(21-25(30)28-15(4)14(3)27-21)23(32)18-11-16-7-5-6-8-17(16)29-18/h5-11,29,31H,26H2,1-4H3. The van der Waals surface area contributed by atoms with Crippen LogP contribution in [0.1, 0.15) is 38.6 Å².